The lowest BCUT2D eigenvalue weighted by atomic mass is 9.76. The molecule has 2 amide bonds. The summed E-state index contributed by atoms with van der Waals surface area (Å²) in [6.45, 7) is 5.65. The number of benzene rings is 1. The summed E-state index contributed by atoms with van der Waals surface area (Å²) in [5, 5.41) is 4.17. The summed E-state index contributed by atoms with van der Waals surface area (Å²) >= 11 is 0. The van der Waals surface area contributed by atoms with Gasteiger partial charge >= 0.3 is 0 Å². The van der Waals surface area contributed by atoms with Crippen LogP contribution in [-0.4, -0.2) is 56.7 Å². The summed E-state index contributed by atoms with van der Waals surface area (Å²) in [7, 11) is 3.63. The fourth-order valence-corrected chi connectivity index (χ4v) is 5.28. The fraction of sp³-hybridized carbons (Fsp3) is 0.458. The molecule has 0 N–H and O–H groups in total. The largest absolute Gasteiger partial charge is 0.360 e. The second-order valence-corrected chi connectivity index (χ2v) is 9.23. The van der Waals surface area contributed by atoms with Crippen LogP contribution in [0.2, 0.25) is 0 Å². The molecule has 0 unspecified atom stereocenters. The number of fused-ring (bicyclic) bond motifs is 1. The van der Waals surface area contributed by atoms with Crippen LogP contribution < -0.4 is 0 Å². The molecular weight excluding hydrogens is 392 g/mol. The average Bonchev–Trinajstić information content (AvgIpc) is 3.46. The molecule has 2 bridgehead atoms. The Morgan fingerprint density at radius 2 is 2.10 bits per heavy atom. The predicted molar refractivity (Wildman–Crippen MR) is 115 cm³/mol. The molecule has 1 aromatic heterocycles. The Kier molecular flexibility index (Phi) is 4.55. The van der Waals surface area contributed by atoms with Crippen LogP contribution in [0, 0.1) is 25.7 Å². The van der Waals surface area contributed by atoms with E-state index in [0.29, 0.717) is 19.6 Å². The zero-order chi connectivity index (χ0) is 21.9. The molecule has 7 nitrogen and oxygen atoms in total. The van der Waals surface area contributed by atoms with Gasteiger partial charge < -0.3 is 14.5 Å². The van der Waals surface area contributed by atoms with E-state index < -0.39 is 17.4 Å². The van der Waals surface area contributed by atoms with Gasteiger partial charge in [0.05, 0.1) is 30.7 Å². The van der Waals surface area contributed by atoms with E-state index in [9.17, 15) is 9.59 Å². The van der Waals surface area contributed by atoms with Crippen LogP contribution in [-0.2, 0) is 34.5 Å². The lowest BCUT2D eigenvalue weighted by Gasteiger charge is -2.27. The van der Waals surface area contributed by atoms with Gasteiger partial charge in [0.2, 0.25) is 11.8 Å². The van der Waals surface area contributed by atoms with Gasteiger partial charge in [0.1, 0.15) is 5.60 Å². The molecule has 31 heavy (non-hydrogen) atoms. The minimum absolute atomic E-state index is 0.0122. The van der Waals surface area contributed by atoms with Crippen LogP contribution in [0.5, 0.6) is 0 Å². The maximum Gasteiger partial charge on any atom is 0.230 e. The van der Waals surface area contributed by atoms with Gasteiger partial charge in [-0.25, -0.2) is 0 Å². The SMILES string of the molecule is Cc1ccc(CN2C[C@]34C=C[C@H](O3)[C@H](C(=O)N(C)Cc3cnn(C)c3)[C@@H]4C2=O)cc1C. The number of amides is 2. The van der Waals surface area contributed by atoms with Crippen molar-refractivity contribution in [2.75, 3.05) is 13.6 Å². The van der Waals surface area contributed by atoms with Gasteiger partial charge in [-0.05, 0) is 30.5 Å². The number of aromatic nitrogens is 2. The molecule has 2 fully saturated rings. The third kappa shape index (κ3) is 3.19. The lowest BCUT2D eigenvalue weighted by molar-refractivity contribution is -0.142. The number of rotatable bonds is 5. The number of carbonyl (C=O) groups is 2. The Balaban J connectivity index is 1.35. The molecule has 3 aliphatic rings. The van der Waals surface area contributed by atoms with Crippen LogP contribution in [0.1, 0.15) is 22.3 Å². The Morgan fingerprint density at radius 1 is 1.29 bits per heavy atom. The number of ether oxygens (including phenoxy) is 1. The molecule has 2 saturated heterocycles. The third-order valence-electron chi connectivity index (χ3n) is 6.96. The summed E-state index contributed by atoms with van der Waals surface area (Å²) in [5.41, 5.74) is 3.82. The van der Waals surface area contributed by atoms with E-state index in [1.54, 1.807) is 22.8 Å². The number of nitrogens with zero attached hydrogens (tertiary/aromatic N) is 4. The zero-order valence-corrected chi connectivity index (χ0v) is 18.4. The summed E-state index contributed by atoms with van der Waals surface area (Å²) in [4.78, 5) is 30.4. The monoisotopic (exact) mass is 420 g/mol. The maximum atomic E-state index is 13.5. The normalized spacial score (nSPS) is 28.5. The van der Waals surface area contributed by atoms with E-state index in [2.05, 4.69) is 37.1 Å². The quantitative estimate of drug-likeness (QED) is 0.694. The minimum Gasteiger partial charge on any atom is -0.360 e. The van der Waals surface area contributed by atoms with Crippen LogP contribution in [0.15, 0.2) is 42.7 Å². The van der Waals surface area contributed by atoms with Gasteiger partial charge in [0.25, 0.3) is 0 Å². The Bertz CT molecular complexity index is 1090. The molecule has 0 aliphatic carbocycles. The first-order chi connectivity index (χ1) is 14.8. The van der Waals surface area contributed by atoms with Gasteiger partial charge in [0, 0.05) is 38.9 Å². The van der Waals surface area contributed by atoms with Crippen LogP contribution >= 0.6 is 0 Å². The molecule has 0 saturated carbocycles. The molecule has 7 heteroatoms. The van der Waals surface area contributed by atoms with Crippen molar-refractivity contribution in [3.05, 3.63) is 65.0 Å². The van der Waals surface area contributed by atoms with Gasteiger partial charge in [-0.1, -0.05) is 30.4 Å². The van der Waals surface area contributed by atoms with Crippen molar-refractivity contribution in [3.8, 4) is 0 Å². The number of aryl methyl sites for hydroxylation is 3. The summed E-state index contributed by atoms with van der Waals surface area (Å²) < 4.78 is 7.99. The zero-order valence-electron chi connectivity index (χ0n) is 18.4. The van der Waals surface area contributed by atoms with E-state index in [1.165, 1.54) is 11.1 Å². The van der Waals surface area contributed by atoms with E-state index >= 15 is 0 Å². The van der Waals surface area contributed by atoms with Gasteiger partial charge in [-0.2, -0.15) is 5.10 Å². The Morgan fingerprint density at radius 3 is 2.81 bits per heavy atom. The minimum atomic E-state index is -0.684. The highest BCUT2D eigenvalue weighted by Gasteiger charge is 2.67. The second-order valence-electron chi connectivity index (χ2n) is 9.23. The first-order valence-electron chi connectivity index (χ1n) is 10.7. The highest BCUT2D eigenvalue weighted by molar-refractivity contribution is 5.93. The van der Waals surface area contributed by atoms with E-state index in [1.807, 2.05) is 30.3 Å². The highest BCUT2D eigenvalue weighted by atomic mass is 16.5. The standard InChI is InChI=1S/C24H28N4O3/c1-15-5-6-17(9-16(15)2)13-28-14-24-8-7-19(31-24)20(21(24)23(28)30)22(29)26(3)11-18-10-25-27(4)12-18/h5-10,12,19-21H,11,13-14H2,1-4H3/t19-,20-,21+,24-/m0/s1. The van der Waals surface area contributed by atoms with Gasteiger partial charge in [0.15, 0.2) is 0 Å². The van der Waals surface area contributed by atoms with Crippen molar-refractivity contribution in [1.29, 1.82) is 0 Å². The van der Waals surface area contributed by atoms with E-state index in [-0.39, 0.29) is 17.9 Å². The highest BCUT2D eigenvalue weighted by Crippen LogP contribution is 2.52. The fourth-order valence-electron chi connectivity index (χ4n) is 5.28. The van der Waals surface area contributed by atoms with Crippen LogP contribution in [0.3, 0.4) is 0 Å². The molecule has 4 atom stereocenters. The van der Waals surface area contributed by atoms with Crippen molar-refractivity contribution < 1.29 is 14.3 Å². The van der Waals surface area contributed by atoms with Gasteiger partial charge in [-0.3, -0.25) is 14.3 Å². The number of hydrogen-bond donors (Lipinski definition) is 0. The average molecular weight is 421 g/mol. The number of likely N-dealkylation sites (tertiary alicyclic amines) is 1. The second kappa shape index (κ2) is 7.05. The molecule has 162 valence electrons. The molecule has 2 aromatic rings. The van der Waals surface area contributed by atoms with E-state index in [0.717, 1.165) is 11.1 Å². The number of hydrogen-bond acceptors (Lipinski definition) is 4. The predicted octanol–water partition coefficient (Wildman–Crippen LogP) is 1.98. The van der Waals surface area contributed by atoms with Crippen LogP contribution in [0.25, 0.3) is 0 Å². The molecule has 5 rings (SSSR count). The summed E-state index contributed by atoms with van der Waals surface area (Å²) in [6, 6.07) is 6.29. The lowest BCUT2D eigenvalue weighted by Crippen LogP contribution is -2.44. The van der Waals surface area contributed by atoms with Crippen molar-refractivity contribution in [2.24, 2.45) is 18.9 Å². The molecule has 1 aromatic carbocycles. The molecular formula is C24H28N4O3. The van der Waals surface area contributed by atoms with Crippen molar-refractivity contribution in [3.63, 3.8) is 0 Å². The topological polar surface area (TPSA) is 67.7 Å². The van der Waals surface area contributed by atoms with E-state index in [4.69, 9.17) is 4.74 Å². The maximum absolute atomic E-state index is 13.5. The summed E-state index contributed by atoms with van der Waals surface area (Å²) in [6.07, 6.45) is 7.29. The van der Waals surface area contributed by atoms with Crippen molar-refractivity contribution in [1.82, 2.24) is 19.6 Å². The smallest absolute Gasteiger partial charge is 0.230 e. The third-order valence-corrected chi connectivity index (χ3v) is 6.96. The van der Waals surface area contributed by atoms with Crippen LogP contribution in [0.4, 0.5) is 0 Å². The van der Waals surface area contributed by atoms with Gasteiger partial charge in [-0.15, -0.1) is 0 Å². The molecule has 1 spiro atoms. The van der Waals surface area contributed by atoms with Crippen molar-refractivity contribution >= 4 is 11.8 Å². The van der Waals surface area contributed by atoms with Crippen molar-refractivity contribution in [2.45, 2.75) is 38.6 Å². The molecule has 4 heterocycles. The number of carbonyl (C=O) groups excluding carboxylic acids is 2. The summed E-state index contributed by atoms with van der Waals surface area (Å²) in [5.74, 6) is -0.980. The molecule has 3 aliphatic heterocycles. The first-order valence-corrected chi connectivity index (χ1v) is 10.7. The Labute approximate surface area is 182 Å². The Hall–Kier alpha value is -2.93. The first kappa shape index (κ1) is 20.0. The molecule has 0 radical (unpaired) electrons.